The highest BCUT2D eigenvalue weighted by Gasteiger charge is 1.75. The van der Waals surface area contributed by atoms with Crippen LogP contribution >= 0.6 is 12.4 Å². The minimum atomic E-state index is 0. The smallest absolute Gasteiger partial charge is 0.0941 e. The second kappa shape index (κ2) is 6.48. The lowest BCUT2D eigenvalue weighted by Gasteiger charge is -1.77. The third-order valence-electron chi connectivity index (χ3n) is 0.600. The van der Waals surface area contributed by atoms with Crippen molar-refractivity contribution in [3.63, 3.8) is 0 Å². The van der Waals surface area contributed by atoms with Gasteiger partial charge in [-0.05, 0) is 6.92 Å². The van der Waals surface area contributed by atoms with E-state index < -0.39 is 0 Å². The second-order valence-corrected chi connectivity index (χ2v) is 1.23. The number of nitrogens with zero attached hydrogens (tertiary/aromatic N) is 1. The predicted molar refractivity (Wildman–Crippen MR) is 35.7 cm³/mol. The molecule has 8 heavy (non-hydrogen) atoms. The van der Waals surface area contributed by atoms with Gasteiger partial charge in [0.25, 0.3) is 0 Å². The van der Waals surface area contributed by atoms with Crippen molar-refractivity contribution in [1.82, 2.24) is 0 Å². The SMILES string of the molecule is C/C(C#N)=C\CN.Cl. The zero-order chi connectivity index (χ0) is 5.70. The Labute approximate surface area is 55.4 Å². The summed E-state index contributed by atoms with van der Waals surface area (Å²) in [4.78, 5) is 0. The molecule has 0 fully saturated rings. The summed E-state index contributed by atoms with van der Waals surface area (Å²) in [5.41, 5.74) is 5.76. The molecule has 0 radical (unpaired) electrons. The van der Waals surface area contributed by atoms with Crippen LogP contribution in [0.5, 0.6) is 0 Å². The van der Waals surface area contributed by atoms with Gasteiger partial charge in [0.05, 0.1) is 6.07 Å². The summed E-state index contributed by atoms with van der Waals surface area (Å²) in [6, 6.07) is 1.95. The maximum Gasteiger partial charge on any atom is 0.0941 e. The van der Waals surface area contributed by atoms with E-state index in [1.807, 2.05) is 6.07 Å². The van der Waals surface area contributed by atoms with Gasteiger partial charge in [-0.15, -0.1) is 12.4 Å². The van der Waals surface area contributed by atoms with E-state index in [0.717, 1.165) is 0 Å². The summed E-state index contributed by atoms with van der Waals surface area (Å²) in [6.45, 7) is 2.19. The van der Waals surface area contributed by atoms with Crippen LogP contribution in [0.25, 0.3) is 0 Å². The number of hydrogen-bond donors (Lipinski definition) is 1. The van der Waals surface area contributed by atoms with E-state index in [4.69, 9.17) is 11.0 Å². The second-order valence-electron chi connectivity index (χ2n) is 1.23. The largest absolute Gasteiger partial charge is 0.327 e. The lowest BCUT2D eigenvalue weighted by atomic mass is 10.3. The molecule has 0 unspecified atom stereocenters. The van der Waals surface area contributed by atoms with Crippen molar-refractivity contribution in [2.75, 3.05) is 6.54 Å². The summed E-state index contributed by atoms with van der Waals surface area (Å²) in [5.74, 6) is 0. The van der Waals surface area contributed by atoms with Crippen LogP contribution in [0.4, 0.5) is 0 Å². The fourth-order valence-electron chi connectivity index (χ4n) is 0.222. The topological polar surface area (TPSA) is 49.8 Å². The molecule has 0 atom stereocenters. The van der Waals surface area contributed by atoms with E-state index in [2.05, 4.69) is 0 Å². The average Bonchev–Trinajstić information content (AvgIpc) is 1.68. The minimum Gasteiger partial charge on any atom is -0.327 e. The Kier molecular flexibility index (Phi) is 8.47. The van der Waals surface area contributed by atoms with Crippen molar-refractivity contribution in [3.8, 4) is 6.07 Å². The molecule has 0 bridgehead atoms. The van der Waals surface area contributed by atoms with Crippen molar-refractivity contribution in [2.45, 2.75) is 6.92 Å². The first-order chi connectivity index (χ1) is 3.31. The molecule has 0 heterocycles. The van der Waals surface area contributed by atoms with E-state index in [0.29, 0.717) is 12.1 Å². The first-order valence-corrected chi connectivity index (χ1v) is 2.08. The number of halogens is 1. The van der Waals surface area contributed by atoms with Gasteiger partial charge < -0.3 is 5.73 Å². The minimum absolute atomic E-state index is 0. The van der Waals surface area contributed by atoms with Crippen LogP contribution < -0.4 is 5.73 Å². The van der Waals surface area contributed by atoms with Crippen molar-refractivity contribution >= 4 is 12.4 Å². The Morgan fingerprint density at radius 2 is 2.38 bits per heavy atom. The highest BCUT2D eigenvalue weighted by molar-refractivity contribution is 5.85. The van der Waals surface area contributed by atoms with Crippen LogP contribution in [0.2, 0.25) is 0 Å². The number of rotatable bonds is 1. The van der Waals surface area contributed by atoms with Gasteiger partial charge in [-0.1, -0.05) is 6.08 Å². The molecule has 0 rings (SSSR count). The average molecular weight is 133 g/mol. The Balaban J connectivity index is 0. The van der Waals surface area contributed by atoms with Gasteiger partial charge in [-0.25, -0.2) is 0 Å². The summed E-state index contributed by atoms with van der Waals surface area (Å²) in [5, 5.41) is 8.09. The molecule has 46 valence electrons. The summed E-state index contributed by atoms with van der Waals surface area (Å²) in [6.07, 6.45) is 1.68. The molecule has 0 aromatic carbocycles. The zero-order valence-electron chi connectivity index (χ0n) is 4.72. The van der Waals surface area contributed by atoms with Crippen LogP contribution in [0.3, 0.4) is 0 Å². The van der Waals surface area contributed by atoms with E-state index >= 15 is 0 Å². The highest BCUT2D eigenvalue weighted by Crippen LogP contribution is 1.83. The predicted octanol–water partition coefficient (Wildman–Crippen LogP) is 0.837. The zero-order valence-corrected chi connectivity index (χ0v) is 5.53. The standard InChI is InChI=1S/C5H8N2.ClH/c1-5(4-7)2-3-6;/h2H,3,6H2,1H3;1H/b5-2+;. The molecule has 0 aliphatic rings. The van der Waals surface area contributed by atoms with Crippen LogP contribution in [-0.4, -0.2) is 6.54 Å². The first kappa shape index (κ1) is 10.5. The molecule has 0 saturated heterocycles. The quantitative estimate of drug-likeness (QED) is 0.538. The van der Waals surface area contributed by atoms with Gasteiger partial charge in [0, 0.05) is 12.1 Å². The molecule has 0 aliphatic carbocycles. The van der Waals surface area contributed by atoms with Crippen LogP contribution in [0.1, 0.15) is 6.92 Å². The third-order valence-corrected chi connectivity index (χ3v) is 0.600. The van der Waals surface area contributed by atoms with E-state index in [9.17, 15) is 0 Å². The van der Waals surface area contributed by atoms with E-state index in [1.165, 1.54) is 0 Å². The van der Waals surface area contributed by atoms with Gasteiger partial charge in [0.2, 0.25) is 0 Å². The lowest BCUT2D eigenvalue weighted by Crippen LogP contribution is -1.93. The first-order valence-electron chi connectivity index (χ1n) is 2.08. The van der Waals surface area contributed by atoms with Crippen molar-refractivity contribution in [3.05, 3.63) is 11.6 Å². The summed E-state index contributed by atoms with van der Waals surface area (Å²) in [7, 11) is 0. The molecule has 0 spiro atoms. The summed E-state index contributed by atoms with van der Waals surface area (Å²) < 4.78 is 0. The molecule has 0 amide bonds. The van der Waals surface area contributed by atoms with Crippen LogP contribution in [0, 0.1) is 11.3 Å². The number of hydrogen-bond acceptors (Lipinski definition) is 2. The Morgan fingerprint density at radius 1 is 1.88 bits per heavy atom. The summed E-state index contributed by atoms with van der Waals surface area (Å²) >= 11 is 0. The van der Waals surface area contributed by atoms with Crippen molar-refractivity contribution in [1.29, 1.82) is 5.26 Å². The molecule has 3 heteroatoms. The molecule has 0 aromatic heterocycles. The van der Waals surface area contributed by atoms with Gasteiger partial charge >= 0.3 is 0 Å². The maximum absolute atomic E-state index is 8.09. The fourth-order valence-corrected chi connectivity index (χ4v) is 0.222. The Hall–Kier alpha value is -0.520. The molecular weight excluding hydrogens is 124 g/mol. The van der Waals surface area contributed by atoms with Crippen LogP contribution in [-0.2, 0) is 0 Å². The Morgan fingerprint density at radius 3 is 2.50 bits per heavy atom. The fraction of sp³-hybridized carbons (Fsp3) is 0.400. The molecule has 0 aliphatic heterocycles. The van der Waals surface area contributed by atoms with E-state index in [1.54, 1.807) is 13.0 Å². The molecule has 2 N–H and O–H groups in total. The maximum atomic E-state index is 8.09. The van der Waals surface area contributed by atoms with Gasteiger partial charge in [-0.3, -0.25) is 0 Å². The monoisotopic (exact) mass is 132 g/mol. The van der Waals surface area contributed by atoms with Crippen LogP contribution in [0.15, 0.2) is 11.6 Å². The Bertz CT molecular complexity index is 112. The molecular formula is C5H9ClN2. The van der Waals surface area contributed by atoms with E-state index in [-0.39, 0.29) is 12.4 Å². The van der Waals surface area contributed by atoms with Crippen molar-refractivity contribution in [2.24, 2.45) is 5.73 Å². The van der Waals surface area contributed by atoms with Gasteiger partial charge in [0.1, 0.15) is 0 Å². The third kappa shape index (κ3) is 5.48. The van der Waals surface area contributed by atoms with Gasteiger partial charge in [0.15, 0.2) is 0 Å². The lowest BCUT2D eigenvalue weighted by molar-refractivity contribution is 1.23. The van der Waals surface area contributed by atoms with Crippen molar-refractivity contribution < 1.29 is 0 Å². The van der Waals surface area contributed by atoms with Gasteiger partial charge in [-0.2, -0.15) is 5.26 Å². The number of nitriles is 1. The molecule has 0 saturated carbocycles. The number of nitrogens with two attached hydrogens (primary N) is 1. The highest BCUT2D eigenvalue weighted by atomic mass is 35.5. The normalized spacial score (nSPS) is 9.38. The number of allylic oxidation sites excluding steroid dienone is 1. The molecule has 0 aromatic rings. The molecule has 2 nitrogen and oxygen atoms in total.